The van der Waals surface area contributed by atoms with Gasteiger partial charge in [-0.25, -0.2) is 9.97 Å². The van der Waals surface area contributed by atoms with Crippen LogP contribution in [-0.2, 0) is 9.53 Å². The van der Waals surface area contributed by atoms with Crippen LogP contribution in [0.3, 0.4) is 0 Å². The van der Waals surface area contributed by atoms with Crippen LogP contribution >= 0.6 is 12.4 Å². The lowest BCUT2D eigenvalue weighted by Crippen LogP contribution is -2.41. The zero-order valence-corrected chi connectivity index (χ0v) is 20.7. The summed E-state index contributed by atoms with van der Waals surface area (Å²) < 4.78 is 5.34. The molecule has 37 heavy (non-hydrogen) atoms. The van der Waals surface area contributed by atoms with E-state index in [1.54, 1.807) is 18.2 Å². The molecule has 190 valence electrons. The number of carbonyl (C=O) groups is 2. The Balaban J connectivity index is 0.00000320. The molecule has 2 amide bonds. The Labute approximate surface area is 220 Å². The summed E-state index contributed by atoms with van der Waals surface area (Å²) in [6.45, 7) is 4.49. The molecule has 4 heterocycles. The van der Waals surface area contributed by atoms with Gasteiger partial charge in [-0.1, -0.05) is 12.0 Å². The van der Waals surface area contributed by atoms with Gasteiger partial charge in [0, 0.05) is 43.1 Å². The number of aromatic nitrogens is 3. The maximum atomic E-state index is 12.8. The van der Waals surface area contributed by atoms with Crippen molar-refractivity contribution >= 4 is 53.2 Å². The standard InChI is InChI=1S/C26H25N7O3.ClH/c1-2-17-4-3-5-18(14-17)31-23-22-20(25(34)32-24(22)29-16-28-23)15-19-6-7-21(30-19)26(35)27-8-9-33-10-12-36-13-11-33;/h1,3-7,14-16,30H,8-13H2,(H,27,35)(H2,28,29,31,32,34);1H. The largest absolute Gasteiger partial charge is 0.379 e. The van der Waals surface area contributed by atoms with Crippen molar-refractivity contribution in [2.45, 2.75) is 0 Å². The molecule has 0 atom stereocenters. The molecule has 0 radical (unpaired) electrons. The zero-order chi connectivity index (χ0) is 24.9. The number of benzene rings is 1. The minimum Gasteiger partial charge on any atom is -0.379 e. The zero-order valence-electron chi connectivity index (χ0n) is 19.9. The summed E-state index contributed by atoms with van der Waals surface area (Å²) in [6.07, 6.45) is 8.56. The molecule has 0 spiro atoms. The predicted octanol–water partition coefficient (Wildman–Crippen LogP) is 2.51. The van der Waals surface area contributed by atoms with E-state index in [1.807, 2.05) is 24.3 Å². The van der Waals surface area contributed by atoms with Gasteiger partial charge in [0.25, 0.3) is 11.8 Å². The lowest BCUT2D eigenvalue weighted by molar-refractivity contribution is -0.110. The summed E-state index contributed by atoms with van der Waals surface area (Å²) >= 11 is 0. The van der Waals surface area contributed by atoms with Gasteiger partial charge in [0.1, 0.15) is 23.7 Å². The Morgan fingerprint density at radius 1 is 1.22 bits per heavy atom. The predicted molar refractivity (Wildman–Crippen MR) is 144 cm³/mol. The quantitative estimate of drug-likeness (QED) is 0.279. The molecule has 2 aliphatic heterocycles. The highest BCUT2D eigenvalue weighted by Gasteiger charge is 2.29. The first-order valence-electron chi connectivity index (χ1n) is 11.6. The Morgan fingerprint density at radius 2 is 2.05 bits per heavy atom. The molecule has 0 saturated carbocycles. The minimum atomic E-state index is -0.308. The van der Waals surface area contributed by atoms with Crippen LogP contribution in [0, 0.1) is 12.3 Å². The number of morpholine rings is 1. The van der Waals surface area contributed by atoms with Crippen molar-refractivity contribution in [3.63, 3.8) is 0 Å². The Kier molecular flexibility index (Phi) is 8.20. The lowest BCUT2D eigenvalue weighted by atomic mass is 10.1. The monoisotopic (exact) mass is 519 g/mol. The van der Waals surface area contributed by atoms with Crippen LogP contribution < -0.4 is 16.0 Å². The van der Waals surface area contributed by atoms with E-state index < -0.39 is 0 Å². The minimum absolute atomic E-state index is 0. The number of carbonyl (C=O) groups excluding carboxylic acids is 2. The molecular formula is C26H26ClN7O3. The summed E-state index contributed by atoms with van der Waals surface area (Å²) in [5, 5.41) is 8.92. The first-order valence-corrected chi connectivity index (χ1v) is 11.6. The van der Waals surface area contributed by atoms with E-state index in [1.165, 1.54) is 6.33 Å². The third kappa shape index (κ3) is 5.98. The van der Waals surface area contributed by atoms with Gasteiger partial charge in [0.05, 0.1) is 24.4 Å². The fourth-order valence-electron chi connectivity index (χ4n) is 4.11. The van der Waals surface area contributed by atoms with Crippen LogP contribution in [0.15, 0.2) is 42.7 Å². The van der Waals surface area contributed by atoms with Crippen LogP contribution in [0.5, 0.6) is 0 Å². The van der Waals surface area contributed by atoms with Crippen LogP contribution in [0.2, 0.25) is 0 Å². The van der Waals surface area contributed by atoms with E-state index in [4.69, 9.17) is 11.2 Å². The number of aromatic amines is 1. The van der Waals surface area contributed by atoms with E-state index in [2.05, 4.69) is 41.7 Å². The third-order valence-electron chi connectivity index (χ3n) is 5.96. The number of rotatable bonds is 7. The van der Waals surface area contributed by atoms with Crippen LogP contribution in [0.1, 0.15) is 27.3 Å². The van der Waals surface area contributed by atoms with E-state index in [0.717, 1.165) is 44.1 Å². The average Bonchev–Trinajstić information content (AvgIpc) is 3.50. The maximum absolute atomic E-state index is 12.8. The third-order valence-corrected chi connectivity index (χ3v) is 5.96. The highest BCUT2D eigenvalue weighted by Crippen LogP contribution is 2.36. The summed E-state index contributed by atoms with van der Waals surface area (Å²) in [5.41, 5.74) is 3.40. The fraction of sp³-hybridized carbons (Fsp3) is 0.231. The summed E-state index contributed by atoms with van der Waals surface area (Å²) in [6, 6.07) is 10.8. The second-order valence-corrected chi connectivity index (χ2v) is 8.35. The molecule has 1 saturated heterocycles. The molecular weight excluding hydrogens is 494 g/mol. The number of hydrogen-bond acceptors (Lipinski definition) is 7. The number of halogens is 1. The number of fused-ring (bicyclic) bond motifs is 1. The molecule has 11 heteroatoms. The van der Waals surface area contributed by atoms with Crippen LogP contribution in [-0.4, -0.2) is 71.1 Å². The maximum Gasteiger partial charge on any atom is 0.267 e. The molecule has 5 rings (SSSR count). The van der Waals surface area contributed by atoms with Gasteiger partial charge < -0.3 is 25.7 Å². The Morgan fingerprint density at radius 3 is 2.86 bits per heavy atom. The highest BCUT2D eigenvalue weighted by molar-refractivity contribution is 6.35. The Hall–Kier alpha value is -4.17. The number of amides is 2. The smallest absolute Gasteiger partial charge is 0.267 e. The topological polar surface area (TPSA) is 124 Å². The molecule has 0 bridgehead atoms. The normalized spacial score (nSPS) is 15.9. The molecule has 1 aromatic carbocycles. The van der Waals surface area contributed by atoms with Crippen molar-refractivity contribution < 1.29 is 14.3 Å². The van der Waals surface area contributed by atoms with Gasteiger partial charge in [-0.15, -0.1) is 18.8 Å². The summed E-state index contributed by atoms with van der Waals surface area (Å²) in [4.78, 5) is 39.2. The van der Waals surface area contributed by atoms with E-state index in [9.17, 15) is 9.59 Å². The lowest BCUT2D eigenvalue weighted by Gasteiger charge is -2.26. The number of ether oxygens (including phenoxy) is 1. The van der Waals surface area contributed by atoms with E-state index in [-0.39, 0.29) is 24.2 Å². The van der Waals surface area contributed by atoms with Crippen molar-refractivity contribution in [1.29, 1.82) is 0 Å². The second-order valence-electron chi connectivity index (χ2n) is 8.35. The fourth-order valence-corrected chi connectivity index (χ4v) is 4.11. The first kappa shape index (κ1) is 25.9. The van der Waals surface area contributed by atoms with Crippen molar-refractivity contribution in [1.82, 2.24) is 25.2 Å². The van der Waals surface area contributed by atoms with Gasteiger partial charge in [0.2, 0.25) is 0 Å². The molecule has 4 N–H and O–H groups in total. The molecule has 10 nitrogen and oxygen atoms in total. The number of hydrogen-bond donors (Lipinski definition) is 4. The number of anilines is 3. The van der Waals surface area contributed by atoms with Gasteiger partial charge in [-0.3, -0.25) is 14.5 Å². The van der Waals surface area contributed by atoms with Gasteiger partial charge in [-0.05, 0) is 36.4 Å². The molecule has 0 aliphatic carbocycles. The van der Waals surface area contributed by atoms with E-state index in [0.29, 0.717) is 40.7 Å². The summed E-state index contributed by atoms with van der Waals surface area (Å²) in [7, 11) is 0. The first-order chi connectivity index (χ1) is 17.6. The van der Waals surface area contributed by atoms with Crippen LogP contribution in [0.25, 0.3) is 11.6 Å². The Bertz CT molecular complexity index is 1370. The SMILES string of the molecule is C#Cc1cccc(Nc2ncnc3c2C(=Cc2ccc(C(=O)NCCN4CCOCC4)[nH]2)C(=O)N3)c1.Cl. The molecule has 2 aliphatic rings. The second kappa shape index (κ2) is 11.7. The van der Waals surface area contributed by atoms with Gasteiger partial charge in [-0.2, -0.15) is 0 Å². The van der Waals surface area contributed by atoms with Crippen molar-refractivity contribution in [3.8, 4) is 12.3 Å². The molecule has 3 aromatic rings. The molecule has 1 fully saturated rings. The van der Waals surface area contributed by atoms with Crippen LogP contribution in [0.4, 0.5) is 17.3 Å². The number of terminal acetylenes is 1. The highest BCUT2D eigenvalue weighted by atomic mass is 35.5. The number of nitrogens with one attached hydrogen (secondary N) is 4. The number of H-pyrrole nitrogens is 1. The van der Waals surface area contributed by atoms with E-state index >= 15 is 0 Å². The average molecular weight is 520 g/mol. The van der Waals surface area contributed by atoms with Gasteiger partial charge >= 0.3 is 0 Å². The van der Waals surface area contributed by atoms with Crippen molar-refractivity contribution in [3.05, 3.63) is 65.2 Å². The summed E-state index contributed by atoms with van der Waals surface area (Å²) in [5.74, 6) is 2.96. The molecule has 2 aromatic heterocycles. The van der Waals surface area contributed by atoms with Crippen molar-refractivity contribution in [2.24, 2.45) is 0 Å². The van der Waals surface area contributed by atoms with Crippen molar-refractivity contribution in [2.75, 3.05) is 50.0 Å². The molecule has 0 unspecified atom stereocenters. The van der Waals surface area contributed by atoms with Gasteiger partial charge in [0.15, 0.2) is 0 Å². The number of nitrogens with zero attached hydrogens (tertiary/aromatic N) is 3.